The fraction of sp³-hybridized carbons (Fsp3) is 0.242. The summed E-state index contributed by atoms with van der Waals surface area (Å²) in [6.07, 6.45) is 1.66. The Hall–Kier alpha value is -4.66. The molecule has 0 amide bonds. The van der Waals surface area contributed by atoms with Crippen LogP contribution in [0.2, 0.25) is 5.02 Å². The largest absolute Gasteiger partial charge is 0.493 e. The van der Waals surface area contributed by atoms with Gasteiger partial charge in [0.25, 0.3) is 11.2 Å². The van der Waals surface area contributed by atoms with Crippen molar-refractivity contribution in [2.75, 3.05) is 27.9 Å². The molecule has 0 N–H and O–H groups in total. The Balaban J connectivity index is 1.59. The number of non-ortho nitro benzene ring substituents is 1. The van der Waals surface area contributed by atoms with Crippen molar-refractivity contribution in [1.82, 2.24) is 4.57 Å². The lowest BCUT2D eigenvalue weighted by Crippen LogP contribution is -2.40. The summed E-state index contributed by atoms with van der Waals surface area (Å²) < 4.78 is 30.2. The van der Waals surface area contributed by atoms with Gasteiger partial charge >= 0.3 is 5.97 Å². The third-order valence-corrected chi connectivity index (χ3v) is 9.34. The van der Waals surface area contributed by atoms with Gasteiger partial charge in [-0.1, -0.05) is 38.9 Å². The zero-order chi connectivity index (χ0) is 34.7. The molecule has 0 spiro atoms. The van der Waals surface area contributed by atoms with Gasteiger partial charge in [0.15, 0.2) is 27.8 Å². The number of nitro groups is 1. The number of hydrogen-bond donors (Lipinski definition) is 0. The average molecular weight is 759 g/mol. The molecule has 0 fully saturated rings. The first-order valence-electron chi connectivity index (χ1n) is 14.4. The average Bonchev–Trinajstić information content (AvgIpc) is 3.36. The number of carbonyl (C=O) groups is 1. The Morgan fingerprint density at radius 2 is 1.75 bits per heavy atom. The SMILES string of the molecule is CCOC(=O)C1=C(C)N=c2s/c(=C\c3cc(Cl)c(OCc4ccc([N+](=O)[O-])cc4)c(OC)c3)c(=O)n2[C@@H]1c1cc(OC)c(OC)cc1Br. The number of aromatic nitrogens is 1. The molecule has 0 radical (unpaired) electrons. The van der Waals surface area contributed by atoms with E-state index in [1.54, 1.807) is 56.3 Å². The number of carbonyl (C=O) groups excluding carboxylic acids is 1. The predicted molar refractivity (Wildman–Crippen MR) is 183 cm³/mol. The first-order valence-corrected chi connectivity index (χ1v) is 16.3. The van der Waals surface area contributed by atoms with Crippen molar-refractivity contribution in [1.29, 1.82) is 0 Å². The molecule has 0 aliphatic carbocycles. The standard InChI is InChI=1S/C33H29BrClN3O9S/c1-6-46-32(40)28-17(2)36-33-37(29(28)21-14-24(43-3)25(44-4)15-22(21)34)31(39)27(48-33)13-19-11-23(35)30(26(12-19)45-5)47-16-18-7-9-20(10-8-18)38(41)42/h7-15,29H,6,16H2,1-5H3/b27-13-/t29-/m1/s1. The normalized spacial score (nSPS) is 14.2. The lowest BCUT2D eigenvalue weighted by atomic mass is 9.95. The number of nitro benzene ring substituents is 1. The number of allylic oxidation sites excluding steroid dienone is 1. The molecule has 0 bridgehead atoms. The molecule has 3 aromatic carbocycles. The van der Waals surface area contributed by atoms with Crippen LogP contribution in [-0.2, 0) is 16.1 Å². The van der Waals surface area contributed by atoms with Gasteiger partial charge in [-0.05, 0) is 73.0 Å². The van der Waals surface area contributed by atoms with Gasteiger partial charge in [-0.25, -0.2) is 9.79 Å². The summed E-state index contributed by atoms with van der Waals surface area (Å²) >= 11 is 11.4. The molecule has 2 heterocycles. The number of rotatable bonds is 11. The van der Waals surface area contributed by atoms with Crippen molar-refractivity contribution in [2.45, 2.75) is 26.5 Å². The number of fused-ring (bicyclic) bond motifs is 1. The van der Waals surface area contributed by atoms with Crippen LogP contribution in [0.25, 0.3) is 6.08 Å². The first kappa shape index (κ1) is 34.7. The Labute approximate surface area is 291 Å². The zero-order valence-corrected chi connectivity index (χ0v) is 29.5. The smallest absolute Gasteiger partial charge is 0.338 e. The van der Waals surface area contributed by atoms with Crippen LogP contribution in [0.3, 0.4) is 0 Å². The lowest BCUT2D eigenvalue weighted by molar-refractivity contribution is -0.384. The number of esters is 1. The summed E-state index contributed by atoms with van der Waals surface area (Å²) in [5.41, 5.74) is 2.01. The molecule has 5 rings (SSSR count). The van der Waals surface area contributed by atoms with E-state index in [4.69, 9.17) is 35.3 Å². The van der Waals surface area contributed by atoms with Gasteiger partial charge in [-0.3, -0.25) is 19.5 Å². The molecular formula is C33H29BrClN3O9S. The van der Waals surface area contributed by atoms with Gasteiger partial charge in [0.2, 0.25) is 0 Å². The highest BCUT2D eigenvalue weighted by molar-refractivity contribution is 9.10. The lowest BCUT2D eigenvalue weighted by Gasteiger charge is -2.26. The maximum absolute atomic E-state index is 14.2. The Morgan fingerprint density at radius 1 is 1.08 bits per heavy atom. The second-order valence-corrected chi connectivity index (χ2v) is 12.5. The number of ether oxygens (including phenoxy) is 5. The van der Waals surface area contributed by atoms with Crippen LogP contribution in [0.1, 0.15) is 36.6 Å². The molecule has 0 saturated carbocycles. The van der Waals surface area contributed by atoms with Gasteiger partial charge in [-0.15, -0.1) is 0 Å². The maximum atomic E-state index is 14.2. The number of nitrogens with zero attached hydrogens (tertiary/aromatic N) is 3. The van der Waals surface area contributed by atoms with E-state index in [0.29, 0.717) is 53.4 Å². The number of thiazole rings is 1. The molecule has 15 heteroatoms. The minimum atomic E-state index is -0.898. The molecule has 250 valence electrons. The van der Waals surface area contributed by atoms with Crippen molar-refractivity contribution in [3.63, 3.8) is 0 Å². The minimum absolute atomic E-state index is 0.0287. The van der Waals surface area contributed by atoms with Crippen LogP contribution in [0, 0.1) is 10.1 Å². The van der Waals surface area contributed by atoms with Crippen molar-refractivity contribution in [3.05, 3.63) is 116 Å². The number of halogens is 2. The monoisotopic (exact) mass is 757 g/mol. The van der Waals surface area contributed by atoms with Gasteiger partial charge in [0.1, 0.15) is 6.61 Å². The highest BCUT2D eigenvalue weighted by Crippen LogP contribution is 2.41. The van der Waals surface area contributed by atoms with Crippen molar-refractivity contribution in [2.24, 2.45) is 4.99 Å². The van der Waals surface area contributed by atoms with Gasteiger partial charge in [-0.2, -0.15) is 0 Å². The third-order valence-electron chi connectivity index (χ3n) is 7.39. The van der Waals surface area contributed by atoms with Crippen LogP contribution >= 0.6 is 38.9 Å². The molecule has 4 aromatic rings. The van der Waals surface area contributed by atoms with Crippen molar-refractivity contribution >= 4 is 56.6 Å². The molecule has 12 nitrogen and oxygen atoms in total. The van der Waals surface area contributed by atoms with Crippen LogP contribution in [0.4, 0.5) is 5.69 Å². The van der Waals surface area contributed by atoms with Crippen LogP contribution < -0.4 is 33.8 Å². The number of benzene rings is 3. The molecule has 1 aliphatic heterocycles. The van der Waals surface area contributed by atoms with E-state index < -0.39 is 22.5 Å². The first-order chi connectivity index (χ1) is 23.0. The van der Waals surface area contributed by atoms with Gasteiger partial charge < -0.3 is 23.7 Å². The van der Waals surface area contributed by atoms with Crippen molar-refractivity contribution in [3.8, 4) is 23.0 Å². The van der Waals surface area contributed by atoms with Gasteiger partial charge in [0, 0.05) is 16.6 Å². The van der Waals surface area contributed by atoms with E-state index in [2.05, 4.69) is 20.9 Å². The van der Waals surface area contributed by atoms with Crippen LogP contribution in [-0.4, -0.2) is 43.4 Å². The third kappa shape index (κ3) is 6.82. The Kier molecular flexibility index (Phi) is 10.6. The second-order valence-electron chi connectivity index (χ2n) is 10.3. The summed E-state index contributed by atoms with van der Waals surface area (Å²) in [6.45, 7) is 3.62. The fourth-order valence-corrected chi connectivity index (χ4v) is 7.01. The molecule has 1 aromatic heterocycles. The Bertz CT molecular complexity index is 2130. The molecule has 0 unspecified atom stereocenters. The number of hydrogen-bond acceptors (Lipinski definition) is 11. The van der Waals surface area contributed by atoms with E-state index in [0.717, 1.165) is 11.3 Å². The molecular weight excluding hydrogens is 730 g/mol. The van der Waals surface area contributed by atoms with E-state index >= 15 is 0 Å². The fourth-order valence-electron chi connectivity index (χ4n) is 5.15. The molecule has 48 heavy (non-hydrogen) atoms. The van der Waals surface area contributed by atoms with Crippen LogP contribution in [0.15, 0.2) is 74.1 Å². The topological polar surface area (TPSA) is 141 Å². The van der Waals surface area contributed by atoms with E-state index in [-0.39, 0.29) is 35.2 Å². The van der Waals surface area contributed by atoms with E-state index in [9.17, 15) is 19.7 Å². The molecule has 0 saturated heterocycles. The molecule has 1 aliphatic rings. The zero-order valence-electron chi connectivity index (χ0n) is 26.4. The summed E-state index contributed by atoms with van der Waals surface area (Å²) in [4.78, 5) is 43.0. The number of methoxy groups -OCH3 is 3. The second kappa shape index (κ2) is 14.6. The highest BCUT2D eigenvalue weighted by Gasteiger charge is 2.35. The quantitative estimate of drug-likeness (QED) is 0.107. The highest BCUT2D eigenvalue weighted by atomic mass is 79.9. The van der Waals surface area contributed by atoms with Gasteiger partial charge in [0.05, 0.1) is 59.7 Å². The summed E-state index contributed by atoms with van der Waals surface area (Å²) in [6, 6.07) is 11.8. The maximum Gasteiger partial charge on any atom is 0.338 e. The van der Waals surface area contributed by atoms with E-state index in [1.165, 1.54) is 38.0 Å². The van der Waals surface area contributed by atoms with Crippen molar-refractivity contribution < 1.29 is 33.4 Å². The predicted octanol–water partition coefficient (Wildman–Crippen LogP) is 5.73. The summed E-state index contributed by atoms with van der Waals surface area (Å²) in [5.74, 6) is 0.860. The molecule has 1 atom stereocenters. The minimum Gasteiger partial charge on any atom is -0.493 e. The Morgan fingerprint density at radius 3 is 2.38 bits per heavy atom. The van der Waals surface area contributed by atoms with Crippen LogP contribution in [0.5, 0.6) is 23.0 Å². The summed E-state index contributed by atoms with van der Waals surface area (Å²) in [5, 5.41) is 11.2. The van der Waals surface area contributed by atoms with E-state index in [1.807, 2.05) is 0 Å². The summed E-state index contributed by atoms with van der Waals surface area (Å²) in [7, 11) is 4.47.